The lowest BCUT2D eigenvalue weighted by molar-refractivity contribution is -0.554. The molecule has 2 aromatic heterocycles. The minimum Gasteiger partial charge on any atom is -0.436 e. The van der Waals surface area contributed by atoms with Crippen molar-refractivity contribution in [2.24, 2.45) is 0 Å². The molecule has 728 valence electrons. The monoisotopic (exact) mass is 2030 g/mol. The van der Waals surface area contributed by atoms with Crippen LogP contribution in [0.4, 0.5) is 0 Å². The number of nitrogens with zero attached hydrogens (tertiary/aromatic N) is 2. The molecular formula is C135H113N3O6P5+. The largest absolute Gasteiger partial charge is 0.436 e. The Morgan fingerprint density at radius 3 is 1.00 bits per heavy atom. The van der Waals surface area contributed by atoms with Crippen LogP contribution < -0.4 is 68.2 Å². The number of fused-ring (bicyclic) bond motifs is 8. The van der Waals surface area contributed by atoms with Crippen molar-refractivity contribution in [3.8, 4) is 28.5 Å². The van der Waals surface area contributed by atoms with Crippen molar-refractivity contribution in [3.05, 3.63) is 574 Å². The first-order valence-electron chi connectivity index (χ1n) is 49.9. The summed E-state index contributed by atoms with van der Waals surface area (Å²) in [5.41, 5.74) is 12.4. The van der Waals surface area contributed by atoms with E-state index in [1.54, 1.807) is 0 Å². The van der Waals surface area contributed by atoms with Crippen molar-refractivity contribution in [3.63, 3.8) is 0 Å². The van der Waals surface area contributed by atoms with Crippen LogP contribution in [0.5, 0.6) is 0 Å². The fraction of sp³-hybridized carbons (Fsp3) is 0.0519. The van der Waals surface area contributed by atoms with Gasteiger partial charge in [-0.3, -0.25) is 0 Å². The molecule has 149 heavy (non-hydrogen) atoms. The van der Waals surface area contributed by atoms with E-state index in [-0.39, 0.29) is 0 Å². The Bertz CT molecular complexity index is 8940. The van der Waals surface area contributed by atoms with Crippen LogP contribution >= 0.6 is 35.7 Å². The van der Waals surface area contributed by atoms with Gasteiger partial charge in [0.15, 0.2) is 30.9 Å². The smallest absolute Gasteiger partial charge is 0.292 e. The maximum absolute atomic E-state index is 14.3. The third-order valence-electron chi connectivity index (χ3n) is 27.1. The summed E-state index contributed by atoms with van der Waals surface area (Å²) in [6.07, 6.45) is 0. The molecule has 0 unspecified atom stereocenters. The maximum atomic E-state index is 14.3. The van der Waals surface area contributed by atoms with Gasteiger partial charge in [-0.05, 0) is 197 Å². The lowest BCUT2D eigenvalue weighted by Crippen LogP contribution is -2.31. The predicted molar refractivity (Wildman–Crippen MR) is 637 cm³/mol. The molecule has 0 saturated carbocycles. The first-order chi connectivity index (χ1) is 72.5. The molecule has 0 aliphatic heterocycles. The molecule has 2 heterocycles. The number of aryl methyl sites for hydroxylation is 4. The third-order valence-corrected chi connectivity index (χ3v) is 40.9. The highest BCUT2D eigenvalue weighted by Crippen LogP contribution is 2.48. The van der Waals surface area contributed by atoms with Crippen molar-refractivity contribution in [1.29, 1.82) is 0 Å². The Morgan fingerprint density at radius 1 is 0.228 bits per heavy atom. The van der Waals surface area contributed by atoms with Gasteiger partial charge in [-0.15, -0.1) is 0 Å². The van der Waals surface area contributed by atoms with Crippen LogP contribution in [-0.4, -0.2) is 30.0 Å². The van der Waals surface area contributed by atoms with Crippen LogP contribution in [0.25, 0.3) is 115 Å². The number of hydrogen-bond donors (Lipinski definition) is 1. The Hall–Kier alpha value is -16.3. The molecule has 0 fully saturated rings. The minimum atomic E-state index is -2.90. The molecule has 0 spiro atoms. The lowest BCUT2D eigenvalue weighted by Gasteiger charge is -2.20. The quantitative estimate of drug-likeness (QED) is 0.0799. The first kappa shape index (κ1) is 101. The molecule has 1 N–H and O–H groups in total. The van der Waals surface area contributed by atoms with Crippen LogP contribution in [0, 0.1) is 27.7 Å². The zero-order valence-corrected chi connectivity index (χ0v) is 88.6. The van der Waals surface area contributed by atoms with Crippen LogP contribution in [0.15, 0.2) is 556 Å². The lowest BCUT2D eigenvalue weighted by atomic mass is 10.1. The number of imidazole rings is 1. The number of hydrogen-bond acceptors (Lipinski definition) is 7. The molecule has 0 radical (unpaired) electrons. The fourth-order valence-electron chi connectivity index (χ4n) is 19.0. The topological polar surface area (TPSA) is 131 Å². The van der Waals surface area contributed by atoms with E-state index in [1.807, 2.05) is 342 Å². The molecule has 9 nitrogen and oxygen atoms in total. The summed E-state index contributed by atoms with van der Waals surface area (Å²) in [4.78, 5) is 8.01. The number of aromatic nitrogens is 3. The highest BCUT2D eigenvalue weighted by Gasteiger charge is 2.33. The predicted octanol–water partition coefficient (Wildman–Crippen LogP) is 30.3. The molecule has 23 aromatic carbocycles. The van der Waals surface area contributed by atoms with Crippen LogP contribution in [0.2, 0.25) is 0 Å². The van der Waals surface area contributed by atoms with Gasteiger partial charge in [-0.1, -0.05) is 489 Å². The van der Waals surface area contributed by atoms with Crippen molar-refractivity contribution < 1.29 is 31.8 Å². The second kappa shape index (κ2) is 45.8. The number of H-pyrrole nitrogens is 1. The van der Waals surface area contributed by atoms with E-state index >= 15 is 0 Å². The second-order valence-corrected chi connectivity index (χ2v) is 51.6. The fourth-order valence-corrected chi connectivity index (χ4v) is 30.2. The van der Waals surface area contributed by atoms with Gasteiger partial charge >= 0.3 is 0 Å². The zero-order valence-electron chi connectivity index (χ0n) is 84.1. The van der Waals surface area contributed by atoms with Gasteiger partial charge in [-0.25, -0.2) is 9.97 Å². The van der Waals surface area contributed by atoms with Crippen LogP contribution in [0.1, 0.15) is 22.3 Å². The number of aromatic amines is 1. The van der Waals surface area contributed by atoms with Crippen molar-refractivity contribution in [2.75, 3.05) is 20.0 Å². The minimum absolute atomic E-state index is 0.682. The van der Waals surface area contributed by atoms with E-state index in [2.05, 4.69) is 273 Å². The SMILES string of the molecule is CP(=O)(c1ccc2ccccc2c1)c1ccc2ccccc2c1.CP(=O)(c1cccc2ccccc12)c1cccc2ccccc12.CP(=O)(c1ccccc1)c1ccccc1.Cc1ccc(-c2[nH]c3ccccc3[n+]2-c2ccccc2)cc1.Cc1ccc(-c2nc3ccccc3o2)cc1.Cc1ccc2cc(P(=O)(c3ccccc3)c3ccccc3)ccc2c1.Cc1ccc2ccc(P(=O)(c3ccccc3)c3ccccc3)cc2c1. The van der Waals surface area contributed by atoms with E-state index < -0.39 is 35.7 Å². The molecule has 25 rings (SSSR count). The number of oxazole rings is 1. The molecule has 0 bridgehead atoms. The standard InChI is InChI=1S/2C23H19OP.2C21H17OP.C20H16N2.C14H11NO.C13H13OP/c1-18-12-13-20-17-23(15-14-19(20)16-18)25(24,21-8-4-2-5-9-21)22-10-6-3-7-11-22;1-18-12-13-19-14-15-23(17-20(19)16-18)25(24,21-8-4-2-5-9-21)22-10-6-3-7-11-22;1-23(22,20-14-6-10-16-8-2-4-12-18(16)20)21-15-7-11-17-9-3-5-13-19(17)21;1-23(22,20-12-10-16-6-2-4-8-18(16)14-20)21-13-11-17-7-3-5-9-19(17)15-21;1-15-11-13-16(14-12-15)20-21-18-9-5-6-10-19(18)22(20)17-7-3-2-4-8-17;1-10-6-8-11(9-7-10)14-15-12-4-2-3-5-13(12)16-14;1-15(14,12-8-4-2-5-9-12)13-10-6-3-7-11-13/h2*2-17H,1H3;2*2-15H,1H3;2-14H,1H3;2-9H,1H3;2-11H,1H3/p+1. The highest BCUT2D eigenvalue weighted by molar-refractivity contribution is 7.86. The molecular weight excluding hydrogens is 1910 g/mol. The van der Waals surface area contributed by atoms with Crippen molar-refractivity contribution >= 4 is 186 Å². The summed E-state index contributed by atoms with van der Waals surface area (Å²) >= 11 is 0. The van der Waals surface area contributed by atoms with Crippen molar-refractivity contribution in [1.82, 2.24) is 9.97 Å². The first-order valence-corrected chi connectivity index (χ1v) is 59.7. The van der Waals surface area contributed by atoms with E-state index in [1.165, 1.54) is 54.9 Å². The summed E-state index contributed by atoms with van der Waals surface area (Å²) in [7, 11) is -13.5. The average Bonchev–Trinajstić information content (AvgIpc) is 1.37. The van der Waals surface area contributed by atoms with Gasteiger partial charge in [0.2, 0.25) is 5.89 Å². The zero-order chi connectivity index (χ0) is 103. The van der Waals surface area contributed by atoms with E-state index in [0.29, 0.717) is 5.89 Å². The number of rotatable bonds is 15. The number of para-hydroxylation sites is 5. The summed E-state index contributed by atoms with van der Waals surface area (Å²) in [6, 6.07) is 184. The van der Waals surface area contributed by atoms with E-state index in [9.17, 15) is 22.8 Å². The summed E-state index contributed by atoms with van der Waals surface area (Å²) in [5.74, 6) is 1.79. The third kappa shape index (κ3) is 22.8. The summed E-state index contributed by atoms with van der Waals surface area (Å²) < 4.78 is 76.6. The van der Waals surface area contributed by atoms with Gasteiger partial charge in [0.1, 0.15) is 32.6 Å². The van der Waals surface area contributed by atoms with Gasteiger partial charge < -0.3 is 27.2 Å². The Morgan fingerprint density at radius 2 is 0.537 bits per heavy atom. The van der Waals surface area contributed by atoms with E-state index in [0.717, 1.165) is 140 Å². The average molecular weight is 2030 g/mol. The van der Waals surface area contributed by atoms with Gasteiger partial charge in [-0.2, -0.15) is 4.57 Å². The molecule has 0 saturated heterocycles. The highest BCUT2D eigenvalue weighted by atomic mass is 31.2. The Kier molecular flexibility index (Phi) is 31.1. The Labute approximate surface area is 871 Å². The molecule has 0 aliphatic carbocycles. The molecule has 0 amide bonds. The summed E-state index contributed by atoms with van der Waals surface area (Å²) in [5, 5.41) is 24.4. The molecule has 14 heteroatoms. The second-order valence-electron chi connectivity index (χ2n) is 37.5. The van der Waals surface area contributed by atoms with Crippen molar-refractivity contribution in [2.45, 2.75) is 27.7 Å². The van der Waals surface area contributed by atoms with Crippen LogP contribution in [-0.2, 0) is 22.8 Å². The van der Waals surface area contributed by atoms with E-state index in [4.69, 9.17) is 4.42 Å². The number of benzene rings is 23. The number of nitrogens with one attached hydrogen (secondary N) is 1. The van der Waals surface area contributed by atoms with Gasteiger partial charge in [0, 0.05) is 69.2 Å². The molecule has 0 atom stereocenters. The van der Waals surface area contributed by atoms with Gasteiger partial charge in [0.25, 0.3) is 5.82 Å². The molecule has 0 aliphatic rings. The Balaban J connectivity index is 0.000000110. The summed E-state index contributed by atoms with van der Waals surface area (Å²) in [6.45, 7) is 13.9. The normalized spacial score (nSPS) is 11.5. The maximum Gasteiger partial charge on any atom is 0.292 e. The van der Waals surface area contributed by atoms with Gasteiger partial charge in [0.05, 0.1) is 5.56 Å². The van der Waals surface area contributed by atoms with Crippen LogP contribution in [0.3, 0.4) is 0 Å². The molecule has 25 aromatic rings.